The van der Waals surface area contributed by atoms with Gasteiger partial charge in [0.05, 0.1) is 16.8 Å². The molecular formula is C15H10ClF3N2O3. The van der Waals surface area contributed by atoms with Crippen LogP contribution >= 0.6 is 11.6 Å². The van der Waals surface area contributed by atoms with Crippen LogP contribution in [0.3, 0.4) is 0 Å². The Hall–Kier alpha value is -2.61. The predicted octanol–water partition coefficient (Wildman–Crippen LogP) is 3.55. The number of esters is 1. The lowest BCUT2D eigenvalue weighted by atomic mass is 10.1. The predicted molar refractivity (Wildman–Crippen MR) is 79.6 cm³/mol. The minimum absolute atomic E-state index is 0.0694. The molecule has 0 saturated heterocycles. The van der Waals surface area contributed by atoms with Crippen molar-refractivity contribution >= 4 is 29.2 Å². The second kappa shape index (κ2) is 7.31. The summed E-state index contributed by atoms with van der Waals surface area (Å²) in [5, 5.41) is 2.46. The number of carbonyl (C=O) groups is 2. The minimum Gasteiger partial charge on any atom is -0.452 e. The first kappa shape index (κ1) is 17.7. The van der Waals surface area contributed by atoms with Crippen LogP contribution in [0.25, 0.3) is 0 Å². The molecule has 1 heterocycles. The molecule has 0 atom stereocenters. The van der Waals surface area contributed by atoms with E-state index in [-0.39, 0.29) is 16.4 Å². The summed E-state index contributed by atoms with van der Waals surface area (Å²) in [5.74, 6) is -1.58. The highest BCUT2D eigenvalue weighted by Crippen LogP contribution is 2.29. The average molecular weight is 359 g/mol. The summed E-state index contributed by atoms with van der Waals surface area (Å²) < 4.78 is 42.0. The zero-order valence-corrected chi connectivity index (χ0v) is 12.7. The van der Waals surface area contributed by atoms with Crippen molar-refractivity contribution in [2.45, 2.75) is 6.18 Å². The van der Waals surface area contributed by atoms with Gasteiger partial charge < -0.3 is 10.1 Å². The number of hydrogen-bond donors (Lipinski definition) is 1. The summed E-state index contributed by atoms with van der Waals surface area (Å²) in [5.41, 5.74) is -0.743. The van der Waals surface area contributed by atoms with Gasteiger partial charge >= 0.3 is 12.1 Å². The molecule has 24 heavy (non-hydrogen) atoms. The van der Waals surface area contributed by atoms with Gasteiger partial charge in [0.25, 0.3) is 5.91 Å². The number of pyridine rings is 1. The average Bonchev–Trinajstić information content (AvgIpc) is 2.54. The molecule has 126 valence electrons. The fourth-order valence-electron chi connectivity index (χ4n) is 1.68. The van der Waals surface area contributed by atoms with Gasteiger partial charge in [0, 0.05) is 6.20 Å². The van der Waals surface area contributed by atoms with E-state index in [4.69, 9.17) is 16.3 Å². The third-order valence-electron chi connectivity index (χ3n) is 2.82. The summed E-state index contributed by atoms with van der Waals surface area (Å²) in [6.45, 7) is -0.620. The largest absolute Gasteiger partial charge is 0.452 e. The SMILES string of the molecule is O=C(COC(=O)c1ccc(C(F)(F)F)cc1)Nc1cccnc1Cl. The molecule has 9 heteroatoms. The van der Waals surface area contributed by atoms with Gasteiger partial charge in [0.2, 0.25) is 0 Å². The second-order valence-corrected chi connectivity index (χ2v) is 4.90. The van der Waals surface area contributed by atoms with Gasteiger partial charge in [-0.3, -0.25) is 4.79 Å². The zero-order chi connectivity index (χ0) is 17.7. The maximum atomic E-state index is 12.4. The van der Waals surface area contributed by atoms with E-state index in [0.717, 1.165) is 24.3 Å². The third kappa shape index (κ3) is 4.69. The molecule has 1 aromatic heterocycles. The summed E-state index contributed by atoms with van der Waals surface area (Å²) in [6, 6.07) is 6.51. The molecule has 0 fully saturated rings. The Morgan fingerprint density at radius 3 is 2.42 bits per heavy atom. The van der Waals surface area contributed by atoms with Crippen molar-refractivity contribution in [1.82, 2.24) is 4.98 Å². The van der Waals surface area contributed by atoms with Crippen LogP contribution in [0.4, 0.5) is 18.9 Å². The number of nitrogens with one attached hydrogen (secondary N) is 1. The molecular weight excluding hydrogens is 349 g/mol. The van der Waals surface area contributed by atoms with Crippen molar-refractivity contribution in [2.75, 3.05) is 11.9 Å². The Balaban J connectivity index is 1.91. The number of aromatic nitrogens is 1. The highest BCUT2D eigenvalue weighted by molar-refractivity contribution is 6.32. The third-order valence-corrected chi connectivity index (χ3v) is 3.12. The quantitative estimate of drug-likeness (QED) is 0.670. The van der Waals surface area contributed by atoms with E-state index in [1.54, 1.807) is 6.07 Å². The molecule has 0 bridgehead atoms. The van der Waals surface area contributed by atoms with Gasteiger partial charge in [-0.2, -0.15) is 13.2 Å². The highest BCUT2D eigenvalue weighted by atomic mass is 35.5. The summed E-state index contributed by atoms with van der Waals surface area (Å²) in [7, 11) is 0. The zero-order valence-electron chi connectivity index (χ0n) is 11.9. The van der Waals surface area contributed by atoms with Crippen LogP contribution in [0, 0.1) is 0 Å². The van der Waals surface area contributed by atoms with Gasteiger partial charge in [0.15, 0.2) is 11.8 Å². The fourth-order valence-corrected chi connectivity index (χ4v) is 1.84. The number of ether oxygens (including phenoxy) is 1. The molecule has 0 saturated carbocycles. The minimum atomic E-state index is -4.49. The molecule has 0 unspecified atom stereocenters. The number of anilines is 1. The van der Waals surface area contributed by atoms with E-state index in [2.05, 4.69) is 10.3 Å². The van der Waals surface area contributed by atoms with E-state index in [0.29, 0.717) is 0 Å². The summed E-state index contributed by atoms with van der Waals surface area (Å²) in [4.78, 5) is 27.1. The van der Waals surface area contributed by atoms with E-state index in [1.165, 1.54) is 12.3 Å². The number of amides is 1. The lowest BCUT2D eigenvalue weighted by Gasteiger charge is -2.09. The van der Waals surface area contributed by atoms with Crippen molar-refractivity contribution in [1.29, 1.82) is 0 Å². The van der Waals surface area contributed by atoms with Crippen LogP contribution in [0.2, 0.25) is 5.15 Å². The number of benzene rings is 1. The lowest BCUT2D eigenvalue weighted by Crippen LogP contribution is -2.21. The van der Waals surface area contributed by atoms with Crippen LogP contribution < -0.4 is 5.32 Å². The molecule has 0 aliphatic rings. The van der Waals surface area contributed by atoms with E-state index < -0.39 is 30.2 Å². The Labute approximate surface area is 139 Å². The van der Waals surface area contributed by atoms with Gasteiger partial charge in [-0.25, -0.2) is 9.78 Å². The van der Waals surface area contributed by atoms with Crippen LogP contribution in [0.15, 0.2) is 42.6 Å². The van der Waals surface area contributed by atoms with E-state index in [1.807, 2.05) is 0 Å². The molecule has 0 radical (unpaired) electrons. The smallest absolute Gasteiger partial charge is 0.416 e. The van der Waals surface area contributed by atoms with Crippen LogP contribution in [0.1, 0.15) is 15.9 Å². The number of rotatable bonds is 4. The standard InChI is InChI=1S/C15H10ClF3N2O3/c16-13-11(2-1-7-20-13)21-12(22)8-24-14(23)9-3-5-10(6-4-9)15(17,18)19/h1-7H,8H2,(H,21,22). The van der Waals surface area contributed by atoms with Crippen LogP contribution in [0.5, 0.6) is 0 Å². The van der Waals surface area contributed by atoms with Gasteiger partial charge in [-0.05, 0) is 36.4 Å². The van der Waals surface area contributed by atoms with Crippen molar-refractivity contribution in [3.63, 3.8) is 0 Å². The van der Waals surface area contributed by atoms with Gasteiger partial charge in [-0.1, -0.05) is 11.6 Å². The number of nitrogens with zero attached hydrogens (tertiary/aromatic N) is 1. The van der Waals surface area contributed by atoms with Gasteiger partial charge in [0.1, 0.15) is 0 Å². The number of alkyl halides is 3. The lowest BCUT2D eigenvalue weighted by molar-refractivity contribution is -0.137. The molecule has 1 N–H and O–H groups in total. The maximum Gasteiger partial charge on any atom is 0.416 e. The van der Waals surface area contributed by atoms with E-state index in [9.17, 15) is 22.8 Å². The maximum absolute atomic E-state index is 12.4. The van der Waals surface area contributed by atoms with Crippen molar-refractivity contribution in [3.05, 3.63) is 58.9 Å². The van der Waals surface area contributed by atoms with Crippen molar-refractivity contribution < 1.29 is 27.5 Å². The Bertz CT molecular complexity index is 748. The highest BCUT2D eigenvalue weighted by Gasteiger charge is 2.30. The Morgan fingerprint density at radius 1 is 1.17 bits per heavy atom. The molecule has 2 aromatic rings. The number of hydrogen-bond acceptors (Lipinski definition) is 4. The molecule has 0 aliphatic heterocycles. The molecule has 5 nitrogen and oxygen atoms in total. The Morgan fingerprint density at radius 2 is 1.83 bits per heavy atom. The number of carbonyl (C=O) groups excluding carboxylic acids is 2. The van der Waals surface area contributed by atoms with Crippen molar-refractivity contribution in [2.24, 2.45) is 0 Å². The fraction of sp³-hybridized carbons (Fsp3) is 0.133. The van der Waals surface area contributed by atoms with Crippen LogP contribution in [-0.4, -0.2) is 23.5 Å². The van der Waals surface area contributed by atoms with Crippen molar-refractivity contribution in [3.8, 4) is 0 Å². The Kier molecular flexibility index (Phi) is 5.40. The molecule has 1 amide bonds. The van der Waals surface area contributed by atoms with Crippen LogP contribution in [-0.2, 0) is 15.7 Å². The second-order valence-electron chi connectivity index (χ2n) is 4.54. The molecule has 1 aromatic carbocycles. The molecule has 2 rings (SSSR count). The monoisotopic (exact) mass is 358 g/mol. The normalized spacial score (nSPS) is 11.0. The number of halogens is 4. The molecule has 0 spiro atoms. The first-order chi connectivity index (χ1) is 11.3. The van der Waals surface area contributed by atoms with E-state index >= 15 is 0 Å². The summed E-state index contributed by atoms with van der Waals surface area (Å²) >= 11 is 5.75. The first-order valence-corrected chi connectivity index (χ1v) is 6.90. The molecule has 0 aliphatic carbocycles. The summed E-state index contributed by atoms with van der Waals surface area (Å²) in [6.07, 6.45) is -3.06. The van der Waals surface area contributed by atoms with Gasteiger partial charge in [-0.15, -0.1) is 0 Å². The first-order valence-electron chi connectivity index (χ1n) is 6.52. The topological polar surface area (TPSA) is 68.3 Å².